The lowest BCUT2D eigenvalue weighted by Gasteiger charge is -2.25. The number of aromatic nitrogens is 2. The maximum atomic E-state index is 5.69. The average Bonchev–Trinajstić information content (AvgIpc) is 2.92. The second-order valence-corrected chi connectivity index (χ2v) is 5.22. The van der Waals surface area contributed by atoms with Gasteiger partial charge in [0.05, 0.1) is 11.8 Å². The Bertz CT molecular complexity index is 388. The molecule has 1 saturated heterocycles. The summed E-state index contributed by atoms with van der Waals surface area (Å²) in [5.41, 5.74) is 2.44. The van der Waals surface area contributed by atoms with Crippen molar-refractivity contribution in [3.05, 3.63) is 17.5 Å². The molecule has 0 amide bonds. The van der Waals surface area contributed by atoms with Gasteiger partial charge in [-0.15, -0.1) is 0 Å². The van der Waals surface area contributed by atoms with E-state index in [2.05, 4.69) is 49.0 Å². The molecule has 3 atom stereocenters. The van der Waals surface area contributed by atoms with E-state index in [9.17, 15) is 0 Å². The summed E-state index contributed by atoms with van der Waals surface area (Å²) >= 11 is 0. The van der Waals surface area contributed by atoms with Gasteiger partial charge in [-0.25, -0.2) is 0 Å². The molecular formula is C14H25N3O. The third kappa shape index (κ3) is 2.75. The van der Waals surface area contributed by atoms with Crippen molar-refractivity contribution in [3.63, 3.8) is 0 Å². The van der Waals surface area contributed by atoms with E-state index >= 15 is 0 Å². The molecule has 1 aliphatic rings. The molecule has 0 radical (unpaired) electrons. The second-order valence-electron chi connectivity index (χ2n) is 5.22. The van der Waals surface area contributed by atoms with Gasteiger partial charge >= 0.3 is 0 Å². The van der Waals surface area contributed by atoms with E-state index in [1.807, 2.05) is 0 Å². The van der Waals surface area contributed by atoms with E-state index in [0.717, 1.165) is 31.7 Å². The second kappa shape index (κ2) is 5.85. The topological polar surface area (TPSA) is 39.1 Å². The predicted octanol–water partition coefficient (Wildman–Crippen LogP) is 1.77. The van der Waals surface area contributed by atoms with Crippen molar-refractivity contribution in [1.82, 2.24) is 15.1 Å². The number of hydrogen-bond donors (Lipinski definition) is 1. The van der Waals surface area contributed by atoms with E-state index in [0.29, 0.717) is 18.1 Å². The van der Waals surface area contributed by atoms with Gasteiger partial charge in [0.25, 0.3) is 0 Å². The molecule has 2 heterocycles. The Morgan fingerprint density at radius 3 is 2.94 bits per heavy atom. The largest absolute Gasteiger partial charge is 0.378 e. The summed E-state index contributed by atoms with van der Waals surface area (Å²) in [5.74, 6) is 0.607. The van der Waals surface area contributed by atoms with Crippen LogP contribution in [-0.4, -0.2) is 35.6 Å². The van der Waals surface area contributed by atoms with Crippen molar-refractivity contribution < 1.29 is 4.74 Å². The monoisotopic (exact) mass is 251 g/mol. The van der Waals surface area contributed by atoms with E-state index in [-0.39, 0.29) is 0 Å². The van der Waals surface area contributed by atoms with Crippen LogP contribution in [0.15, 0.2) is 6.07 Å². The van der Waals surface area contributed by atoms with Crippen LogP contribution in [0.2, 0.25) is 0 Å². The van der Waals surface area contributed by atoms with Gasteiger partial charge in [0.15, 0.2) is 0 Å². The van der Waals surface area contributed by atoms with Crippen LogP contribution in [0.25, 0.3) is 0 Å². The third-order valence-corrected chi connectivity index (χ3v) is 4.04. The van der Waals surface area contributed by atoms with Crippen LogP contribution in [0.3, 0.4) is 0 Å². The van der Waals surface area contributed by atoms with Crippen LogP contribution >= 0.6 is 0 Å². The molecule has 0 spiro atoms. The molecule has 4 nitrogen and oxygen atoms in total. The van der Waals surface area contributed by atoms with Crippen LogP contribution in [0.4, 0.5) is 0 Å². The van der Waals surface area contributed by atoms with Gasteiger partial charge in [0, 0.05) is 37.2 Å². The van der Waals surface area contributed by atoms with Crippen molar-refractivity contribution in [1.29, 1.82) is 0 Å². The standard InChI is InChI=1S/C14H25N3O/c1-5-17-12(8-10(2)16-17)9-14(15-4)13-6-7-18-11(13)3/h8,11,13-15H,5-7,9H2,1-4H3. The molecule has 4 heteroatoms. The Kier molecular flexibility index (Phi) is 4.40. The summed E-state index contributed by atoms with van der Waals surface area (Å²) < 4.78 is 7.80. The van der Waals surface area contributed by atoms with Crippen molar-refractivity contribution in [2.24, 2.45) is 5.92 Å². The maximum Gasteiger partial charge on any atom is 0.0596 e. The van der Waals surface area contributed by atoms with Crippen molar-refractivity contribution in [2.75, 3.05) is 13.7 Å². The fourth-order valence-corrected chi connectivity index (χ4v) is 3.01. The molecule has 0 aromatic carbocycles. The van der Waals surface area contributed by atoms with Gasteiger partial charge < -0.3 is 10.1 Å². The third-order valence-electron chi connectivity index (χ3n) is 4.04. The van der Waals surface area contributed by atoms with Crippen LogP contribution in [0, 0.1) is 12.8 Å². The first kappa shape index (κ1) is 13.6. The lowest BCUT2D eigenvalue weighted by atomic mass is 9.90. The van der Waals surface area contributed by atoms with E-state index in [1.165, 1.54) is 5.69 Å². The molecular weight excluding hydrogens is 226 g/mol. The summed E-state index contributed by atoms with van der Waals surface area (Å²) in [5, 5.41) is 7.98. The molecule has 1 aliphatic heterocycles. The SMILES string of the molecule is CCn1nc(C)cc1CC(NC)C1CCOC1C. The first-order valence-corrected chi connectivity index (χ1v) is 6.98. The summed E-state index contributed by atoms with van der Waals surface area (Å²) in [6, 6.07) is 2.68. The lowest BCUT2D eigenvalue weighted by molar-refractivity contribution is 0.0960. The number of hydrogen-bond acceptors (Lipinski definition) is 3. The molecule has 2 rings (SSSR count). The Balaban J connectivity index is 2.09. The van der Waals surface area contributed by atoms with Gasteiger partial charge in [0.2, 0.25) is 0 Å². The molecule has 1 N–H and O–H groups in total. The molecule has 1 aromatic rings. The van der Waals surface area contributed by atoms with Gasteiger partial charge in [-0.3, -0.25) is 4.68 Å². The normalized spacial score (nSPS) is 25.6. The van der Waals surface area contributed by atoms with Crippen LogP contribution in [0.1, 0.15) is 31.7 Å². The molecule has 18 heavy (non-hydrogen) atoms. The van der Waals surface area contributed by atoms with Crippen LogP contribution in [0.5, 0.6) is 0 Å². The minimum absolute atomic E-state index is 0.363. The number of ether oxygens (including phenoxy) is 1. The van der Waals surface area contributed by atoms with Crippen molar-refractivity contribution in [3.8, 4) is 0 Å². The lowest BCUT2D eigenvalue weighted by Crippen LogP contribution is -2.39. The minimum atomic E-state index is 0.363. The highest BCUT2D eigenvalue weighted by molar-refractivity contribution is 5.11. The molecule has 1 fully saturated rings. The fraction of sp³-hybridized carbons (Fsp3) is 0.786. The average molecular weight is 251 g/mol. The molecule has 102 valence electrons. The molecule has 0 saturated carbocycles. The van der Waals surface area contributed by atoms with Crippen LogP contribution in [-0.2, 0) is 17.7 Å². The molecule has 0 bridgehead atoms. The van der Waals surface area contributed by atoms with E-state index in [4.69, 9.17) is 4.74 Å². The Morgan fingerprint density at radius 1 is 1.61 bits per heavy atom. The number of nitrogens with zero attached hydrogens (tertiary/aromatic N) is 2. The molecule has 1 aromatic heterocycles. The van der Waals surface area contributed by atoms with Gasteiger partial charge in [-0.1, -0.05) is 0 Å². The number of aryl methyl sites for hydroxylation is 2. The first-order chi connectivity index (χ1) is 8.65. The zero-order valence-electron chi connectivity index (χ0n) is 11.9. The Labute approximate surface area is 110 Å². The maximum absolute atomic E-state index is 5.69. The zero-order chi connectivity index (χ0) is 13.1. The molecule has 0 aliphatic carbocycles. The van der Waals surface area contributed by atoms with Crippen LogP contribution < -0.4 is 5.32 Å². The zero-order valence-corrected chi connectivity index (χ0v) is 11.9. The van der Waals surface area contributed by atoms with Gasteiger partial charge in [-0.2, -0.15) is 5.10 Å². The fourth-order valence-electron chi connectivity index (χ4n) is 3.01. The predicted molar refractivity (Wildman–Crippen MR) is 72.7 cm³/mol. The number of nitrogens with one attached hydrogen (secondary N) is 1. The van der Waals surface area contributed by atoms with Crippen molar-refractivity contribution >= 4 is 0 Å². The first-order valence-electron chi connectivity index (χ1n) is 6.98. The number of rotatable bonds is 5. The van der Waals surface area contributed by atoms with Gasteiger partial charge in [0.1, 0.15) is 0 Å². The summed E-state index contributed by atoms with van der Waals surface area (Å²) in [7, 11) is 2.05. The highest BCUT2D eigenvalue weighted by Gasteiger charge is 2.31. The van der Waals surface area contributed by atoms with Crippen molar-refractivity contribution in [2.45, 2.75) is 52.3 Å². The summed E-state index contributed by atoms with van der Waals surface area (Å²) in [6.45, 7) is 8.23. The van der Waals surface area contributed by atoms with E-state index < -0.39 is 0 Å². The van der Waals surface area contributed by atoms with Gasteiger partial charge in [-0.05, 0) is 40.3 Å². The molecule has 3 unspecified atom stereocenters. The number of likely N-dealkylation sites (N-methyl/N-ethyl adjacent to an activating group) is 1. The van der Waals surface area contributed by atoms with E-state index in [1.54, 1.807) is 0 Å². The quantitative estimate of drug-likeness (QED) is 0.867. The highest BCUT2D eigenvalue weighted by atomic mass is 16.5. The smallest absolute Gasteiger partial charge is 0.0596 e. The Hall–Kier alpha value is -0.870. The minimum Gasteiger partial charge on any atom is -0.378 e. The highest BCUT2D eigenvalue weighted by Crippen LogP contribution is 2.26. The summed E-state index contributed by atoms with van der Waals surface area (Å²) in [6.07, 6.45) is 2.55. The summed E-state index contributed by atoms with van der Waals surface area (Å²) in [4.78, 5) is 0. The Morgan fingerprint density at radius 2 is 2.39 bits per heavy atom.